The predicted octanol–water partition coefficient (Wildman–Crippen LogP) is 3.70. The van der Waals surface area contributed by atoms with Crippen molar-refractivity contribution in [1.82, 2.24) is 5.06 Å². The summed E-state index contributed by atoms with van der Waals surface area (Å²) >= 11 is 0. The summed E-state index contributed by atoms with van der Waals surface area (Å²) in [6.07, 6.45) is 0. The van der Waals surface area contributed by atoms with Crippen LogP contribution < -0.4 is 0 Å². The molecule has 1 aliphatic rings. The molecule has 1 aromatic rings. The van der Waals surface area contributed by atoms with Crippen LogP contribution in [0.1, 0.15) is 49.9 Å². The van der Waals surface area contributed by atoms with Gasteiger partial charge in [0, 0.05) is 0 Å². The van der Waals surface area contributed by atoms with E-state index < -0.39 is 5.54 Å². The number of hydroxylamine groups is 2. The third-order valence-electron chi connectivity index (χ3n) is 4.47. The first-order valence-electron chi connectivity index (χ1n) is 8.45. The Morgan fingerprint density at radius 3 is 2.08 bits per heavy atom. The number of hydrogen-bond donors (Lipinski definition) is 0. The predicted molar refractivity (Wildman–Crippen MR) is 96.4 cm³/mol. The molecule has 0 aliphatic carbocycles. The maximum Gasteiger partial charge on any atom is 0.313 e. The minimum absolute atomic E-state index is 0.295. The number of amides is 1. The second-order valence-electron chi connectivity index (χ2n) is 7.39. The van der Waals surface area contributed by atoms with Crippen LogP contribution in [-0.2, 0) is 19.2 Å². The second kappa shape index (κ2) is 6.64. The van der Waals surface area contributed by atoms with Gasteiger partial charge < -0.3 is 4.74 Å². The molecule has 0 atom stereocenters. The van der Waals surface area contributed by atoms with E-state index in [1.165, 1.54) is 12.2 Å². The summed E-state index contributed by atoms with van der Waals surface area (Å²) in [5, 5.41) is 1.27. The lowest BCUT2D eigenvalue weighted by Crippen LogP contribution is -2.43. The standard InChI is InChI=1S/C20H27NO4/c1-11(2)19(23)25-17-16(18(22)21(24-8)20(17,6)7)15-13(4)9-12(3)10-14(15)5/h9-11H,1-8H3. The molecule has 1 aliphatic heterocycles. The third-order valence-corrected chi connectivity index (χ3v) is 4.47. The summed E-state index contributed by atoms with van der Waals surface area (Å²) in [7, 11) is 1.44. The van der Waals surface area contributed by atoms with E-state index >= 15 is 0 Å². The van der Waals surface area contributed by atoms with Gasteiger partial charge in [-0.05, 0) is 51.3 Å². The molecule has 0 spiro atoms. The fourth-order valence-corrected chi connectivity index (χ4v) is 3.35. The van der Waals surface area contributed by atoms with Gasteiger partial charge >= 0.3 is 5.97 Å². The highest BCUT2D eigenvalue weighted by Crippen LogP contribution is 2.42. The molecule has 0 radical (unpaired) electrons. The zero-order chi connectivity index (χ0) is 19.1. The Morgan fingerprint density at radius 1 is 1.12 bits per heavy atom. The van der Waals surface area contributed by atoms with Crippen molar-refractivity contribution >= 4 is 17.4 Å². The van der Waals surface area contributed by atoms with Crippen LogP contribution in [0, 0.1) is 26.7 Å². The molecule has 136 valence electrons. The highest BCUT2D eigenvalue weighted by atomic mass is 16.7. The Kier molecular flexibility index (Phi) is 5.09. The normalized spacial score (nSPS) is 16.8. The summed E-state index contributed by atoms with van der Waals surface area (Å²) < 4.78 is 5.70. The van der Waals surface area contributed by atoms with Crippen molar-refractivity contribution in [3.63, 3.8) is 0 Å². The number of esters is 1. The maximum absolute atomic E-state index is 13.1. The maximum atomic E-state index is 13.1. The van der Waals surface area contributed by atoms with Crippen LogP contribution in [0.25, 0.3) is 5.57 Å². The summed E-state index contributed by atoms with van der Waals surface area (Å²) in [6, 6.07) is 4.04. The minimum atomic E-state index is -0.879. The Balaban J connectivity index is 2.75. The molecule has 0 unspecified atom stereocenters. The molecule has 0 saturated heterocycles. The fraction of sp³-hybridized carbons (Fsp3) is 0.500. The van der Waals surface area contributed by atoms with Gasteiger partial charge in [-0.3, -0.25) is 14.4 Å². The molecule has 1 aromatic carbocycles. The highest BCUT2D eigenvalue weighted by Gasteiger charge is 2.49. The number of carbonyl (C=O) groups is 2. The van der Waals surface area contributed by atoms with E-state index in [4.69, 9.17) is 9.57 Å². The summed E-state index contributed by atoms with van der Waals surface area (Å²) in [6.45, 7) is 13.1. The quantitative estimate of drug-likeness (QED) is 0.781. The molecule has 0 bridgehead atoms. The van der Waals surface area contributed by atoms with Crippen molar-refractivity contribution in [2.24, 2.45) is 5.92 Å². The van der Waals surface area contributed by atoms with Gasteiger partial charge in [0.05, 0.1) is 18.6 Å². The molecule has 0 saturated carbocycles. The largest absolute Gasteiger partial charge is 0.427 e. The van der Waals surface area contributed by atoms with Gasteiger partial charge in [-0.1, -0.05) is 31.5 Å². The Morgan fingerprint density at radius 2 is 1.64 bits per heavy atom. The first kappa shape index (κ1) is 19.2. The van der Waals surface area contributed by atoms with Crippen LogP contribution in [0.2, 0.25) is 0 Å². The van der Waals surface area contributed by atoms with Crippen molar-refractivity contribution in [1.29, 1.82) is 0 Å². The number of ether oxygens (including phenoxy) is 1. The van der Waals surface area contributed by atoms with E-state index in [0.717, 1.165) is 22.3 Å². The van der Waals surface area contributed by atoms with Crippen molar-refractivity contribution in [2.45, 2.75) is 54.0 Å². The number of carbonyl (C=O) groups excluding carboxylic acids is 2. The average Bonchev–Trinajstić information content (AvgIpc) is 2.65. The first-order chi connectivity index (χ1) is 11.5. The Hall–Kier alpha value is -2.14. The van der Waals surface area contributed by atoms with Gasteiger partial charge in [0.1, 0.15) is 11.3 Å². The number of hydrogen-bond acceptors (Lipinski definition) is 4. The monoisotopic (exact) mass is 345 g/mol. The Bertz CT molecular complexity index is 736. The fourth-order valence-electron chi connectivity index (χ4n) is 3.35. The highest BCUT2D eigenvalue weighted by molar-refractivity contribution is 6.23. The number of benzene rings is 1. The lowest BCUT2D eigenvalue weighted by molar-refractivity contribution is -0.191. The lowest BCUT2D eigenvalue weighted by atomic mass is 9.91. The zero-order valence-electron chi connectivity index (χ0n) is 16.3. The minimum Gasteiger partial charge on any atom is -0.427 e. The van der Waals surface area contributed by atoms with Crippen LogP contribution in [0.4, 0.5) is 0 Å². The van der Waals surface area contributed by atoms with Crippen molar-refractivity contribution in [3.05, 3.63) is 40.1 Å². The van der Waals surface area contributed by atoms with E-state index in [9.17, 15) is 9.59 Å². The molecule has 25 heavy (non-hydrogen) atoms. The topological polar surface area (TPSA) is 55.8 Å². The van der Waals surface area contributed by atoms with Gasteiger partial charge in [0.2, 0.25) is 0 Å². The van der Waals surface area contributed by atoms with E-state index in [2.05, 4.69) is 0 Å². The molecule has 0 N–H and O–H groups in total. The molecule has 2 rings (SSSR count). The van der Waals surface area contributed by atoms with E-state index in [1.54, 1.807) is 13.8 Å². The van der Waals surface area contributed by atoms with Gasteiger partial charge in [0.25, 0.3) is 5.91 Å². The number of aryl methyl sites for hydroxylation is 3. The molecule has 0 fully saturated rings. The van der Waals surface area contributed by atoms with Gasteiger partial charge in [-0.2, -0.15) is 0 Å². The van der Waals surface area contributed by atoms with Crippen LogP contribution >= 0.6 is 0 Å². The zero-order valence-corrected chi connectivity index (χ0v) is 16.3. The van der Waals surface area contributed by atoms with E-state index in [1.807, 2.05) is 46.8 Å². The third kappa shape index (κ3) is 3.21. The van der Waals surface area contributed by atoms with Gasteiger partial charge in [-0.15, -0.1) is 0 Å². The van der Waals surface area contributed by atoms with Crippen LogP contribution in [0.3, 0.4) is 0 Å². The number of rotatable bonds is 4. The first-order valence-corrected chi connectivity index (χ1v) is 8.45. The molecule has 5 heteroatoms. The molecule has 1 heterocycles. The number of nitrogens with zero attached hydrogens (tertiary/aromatic N) is 1. The van der Waals surface area contributed by atoms with Crippen molar-refractivity contribution < 1.29 is 19.2 Å². The van der Waals surface area contributed by atoms with Crippen molar-refractivity contribution in [2.75, 3.05) is 7.11 Å². The summed E-state index contributed by atoms with van der Waals surface area (Å²) in [5.41, 5.74) is 3.37. The van der Waals surface area contributed by atoms with E-state index in [-0.39, 0.29) is 17.8 Å². The van der Waals surface area contributed by atoms with Crippen LogP contribution in [-0.4, -0.2) is 29.6 Å². The molecule has 5 nitrogen and oxygen atoms in total. The average molecular weight is 345 g/mol. The van der Waals surface area contributed by atoms with Crippen LogP contribution in [0.15, 0.2) is 17.9 Å². The Labute approximate surface area is 149 Å². The lowest BCUT2D eigenvalue weighted by Gasteiger charge is -2.30. The van der Waals surface area contributed by atoms with Crippen LogP contribution in [0.5, 0.6) is 0 Å². The smallest absolute Gasteiger partial charge is 0.313 e. The molecular formula is C20H27NO4. The summed E-state index contributed by atoms with van der Waals surface area (Å²) in [5.74, 6) is -0.618. The molecular weight excluding hydrogens is 318 g/mol. The molecule has 1 amide bonds. The van der Waals surface area contributed by atoms with Gasteiger partial charge in [-0.25, -0.2) is 5.06 Å². The van der Waals surface area contributed by atoms with Gasteiger partial charge in [0.15, 0.2) is 0 Å². The molecule has 0 aromatic heterocycles. The van der Waals surface area contributed by atoms with E-state index in [0.29, 0.717) is 11.3 Å². The second-order valence-corrected chi connectivity index (χ2v) is 7.39. The SMILES string of the molecule is CON1C(=O)C(c2c(C)cc(C)cc2C)=C(OC(=O)C(C)C)C1(C)C. The van der Waals surface area contributed by atoms with Crippen molar-refractivity contribution in [3.8, 4) is 0 Å². The summed E-state index contributed by atoms with van der Waals surface area (Å²) in [4.78, 5) is 30.6.